The number of hydrogen-bond donors (Lipinski definition) is 1. The van der Waals surface area contributed by atoms with Crippen molar-refractivity contribution >= 4 is 29.0 Å². The van der Waals surface area contributed by atoms with Gasteiger partial charge in [-0.2, -0.15) is 0 Å². The van der Waals surface area contributed by atoms with Gasteiger partial charge in [0, 0.05) is 25.9 Å². The highest BCUT2D eigenvalue weighted by atomic mass is 35.5. The van der Waals surface area contributed by atoms with Crippen molar-refractivity contribution in [3.05, 3.63) is 34.1 Å². The van der Waals surface area contributed by atoms with E-state index in [0.29, 0.717) is 28.2 Å². The molecule has 0 unspecified atom stereocenters. The van der Waals surface area contributed by atoms with E-state index in [0.717, 1.165) is 24.5 Å². The van der Waals surface area contributed by atoms with Crippen molar-refractivity contribution in [2.75, 3.05) is 19.0 Å². The third-order valence-electron chi connectivity index (χ3n) is 2.65. The molecule has 0 fully saturated rings. The Hall–Kier alpha value is -1.43. The maximum absolute atomic E-state index is 6.17. The number of nitrogens with zero attached hydrogens (tertiary/aromatic N) is 3. The van der Waals surface area contributed by atoms with Crippen LogP contribution >= 0.6 is 23.2 Å². The largest absolute Gasteiger partial charge is 0.378 e. The third-order valence-corrected chi connectivity index (χ3v) is 3.14. The van der Waals surface area contributed by atoms with Crippen LogP contribution in [0.3, 0.4) is 0 Å². The second-order valence-electron chi connectivity index (χ2n) is 4.41. The van der Waals surface area contributed by atoms with E-state index in [1.807, 2.05) is 6.07 Å². The maximum atomic E-state index is 6.17. The van der Waals surface area contributed by atoms with Gasteiger partial charge < -0.3 is 10.1 Å². The molecular weight excluding hydrogens is 311 g/mol. The number of methoxy groups -OCH3 is 1. The Labute approximate surface area is 133 Å². The minimum atomic E-state index is 0.390. The number of ether oxygens (including phenoxy) is 1. The predicted molar refractivity (Wildman–Crippen MR) is 84.8 cm³/mol. The fourth-order valence-electron chi connectivity index (χ4n) is 1.75. The third kappa shape index (κ3) is 4.27. The Morgan fingerprint density at radius 3 is 2.71 bits per heavy atom. The lowest BCUT2D eigenvalue weighted by atomic mass is 10.3. The van der Waals surface area contributed by atoms with Gasteiger partial charge in [0.15, 0.2) is 5.82 Å². The molecule has 2 aromatic heterocycles. The molecule has 0 aromatic carbocycles. The smallest absolute Gasteiger partial charge is 0.182 e. The quantitative estimate of drug-likeness (QED) is 0.874. The van der Waals surface area contributed by atoms with Crippen LogP contribution in [-0.4, -0.2) is 28.6 Å². The zero-order valence-corrected chi connectivity index (χ0v) is 13.4. The van der Waals surface area contributed by atoms with Gasteiger partial charge >= 0.3 is 0 Å². The van der Waals surface area contributed by atoms with Crippen molar-refractivity contribution in [1.82, 2.24) is 15.0 Å². The van der Waals surface area contributed by atoms with Crippen LogP contribution in [0.5, 0.6) is 0 Å². The highest BCUT2D eigenvalue weighted by Gasteiger charge is 2.12. The molecule has 0 aliphatic rings. The molecule has 0 saturated heterocycles. The lowest BCUT2D eigenvalue weighted by molar-refractivity contribution is 0.181. The van der Waals surface area contributed by atoms with Crippen molar-refractivity contribution in [2.24, 2.45) is 0 Å². The molecule has 2 heterocycles. The zero-order valence-electron chi connectivity index (χ0n) is 11.9. The summed E-state index contributed by atoms with van der Waals surface area (Å²) in [4.78, 5) is 13.1. The Bertz CT molecular complexity index is 622. The van der Waals surface area contributed by atoms with E-state index in [-0.39, 0.29) is 0 Å². The maximum Gasteiger partial charge on any atom is 0.182 e. The lowest BCUT2D eigenvalue weighted by Crippen LogP contribution is -2.06. The number of anilines is 1. The van der Waals surface area contributed by atoms with Crippen LogP contribution in [0.1, 0.15) is 19.0 Å². The Morgan fingerprint density at radius 2 is 2.05 bits per heavy atom. The number of nitrogens with one attached hydrogen (secondary N) is 1. The van der Waals surface area contributed by atoms with E-state index in [2.05, 4.69) is 27.2 Å². The molecule has 0 radical (unpaired) electrons. The standard InChI is InChI=1S/C14H16Cl2N4O/c1-3-4-17-12-6-10(8-21-2)19-14(20-12)13-11(16)5-9(15)7-18-13/h5-7H,3-4,8H2,1-2H3,(H,17,19,20). The minimum Gasteiger partial charge on any atom is -0.378 e. The molecule has 0 aliphatic carbocycles. The van der Waals surface area contributed by atoms with Crippen molar-refractivity contribution < 1.29 is 4.74 Å². The Morgan fingerprint density at radius 1 is 1.24 bits per heavy atom. The van der Waals surface area contributed by atoms with Crippen LogP contribution in [0.2, 0.25) is 10.0 Å². The monoisotopic (exact) mass is 326 g/mol. The summed E-state index contributed by atoms with van der Waals surface area (Å²) in [5.41, 5.74) is 1.26. The molecule has 5 nitrogen and oxygen atoms in total. The highest BCUT2D eigenvalue weighted by molar-refractivity contribution is 6.35. The molecule has 0 amide bonds. The summed E-state index contributed by atoms with van der Waals surface area (Å²) >= 11 is 12.0. The number of halogens is 2. The van der Waals surface area contributed by atoms with Crippen LogP contribution < -0.4 is 5.32 Å². The first-order valence-electron chi connectivity index (χ1n) is 6.56. The first-order valence-corrected chi connectivity index (χ1v) is 7.31. The summed E-state index contributed by atoms with van der Waals surface area (Å²) in [6, 6.07) is 3.48. The number of hydrogen-bond acceptors (Lipinski definition) is 5. The van der Waals surface area contributed by atoms with Gasteiger partial charge in [0.05, 0.1) is 22.3 Å². The summed E-state index contributed by atoms with van der Waals surface area (Å²) in [6.07, 6.45) is 2.52. The van der Waals surface area contributed by atoms with Gasteiger partial charge in [-0.1, -0.05) is 30.1 Å². The number of rotatable bonds is 6. The lowest BCUT2D eigenvalue weighted by Gasteiger charge is -2.09. The fourth-order valence-corrected chi connectivity index (χ4v) is 2.21. The first kappa shape index (κ1) is 15.9. The Kier molecular flexibility index (Phi) is 5.73. The molecule has 21 heavy (non-hydrogen) atoms. The summed E-state index contributed by atoms with van der Waals surface area (Å²) in [6.45, 7) is 3.30. The molecule has 0 bridgehead atoms. The van der Waals surface area contributed by atoms with Crippen LogP contribution in [0, 0.1) is 0 Å². The zero-order chi connectivity index (χ0) is 15.2. The molecule has 7 heteroatoms. The van der Waals surface area contributed by atoms with E-state index in [4.69, 9.17) is 27.9 Å². The van der Waals surface area contributed by atoms with Crippen LogP contribution in [0.25, 0.3) is 11.5 Å². The molecule has 0 spiro atoms. The molecule has 1 N–H and O–H groups in total. The van der Waals surface area contributed by atoms with Gasteiger partial charge in [-0.15, -0.1) is 0 Å². The molecule has 2 rings (SSSR count). The molecule has 112 valence electrons. The highest BCUT2D eigenvalue weighted by Crippen LogP contribution is 2.26. The van der Waals surface area contributed by atoms with Crippen molar-refractivity contribution in [1.29, 1.82) is 0 Å². The van der Waals surface area contributed by atoms with Gasteiger partial charge in [-0.25, -0.2) is 15.0 Å². The van der Waals surface area contributed by atoms with Gasteiger partial charge in [-0.05, 0) is 12.5 Å². The normalized spacial score (nSPS) is 10.7. The summed E-state index contributed by atoms with van der Waals surface area (Å²) in [5, 5.41) is 4.12. The van der Waals surface area contributed by atoms with Crippen LogP contribution in [0.4, 0.5) is 5.82 Å². The van der Waals surface area contributed by atoms with E-state index in [1.165, 1.54) is 6.20 Å². The summed E-state index contributed by atoms with van der Waals surface area (Å²) in [5.74, 6) is 1.17. The first-order chi connectivity index (χ1) is 10.1. The molecule has 0 saturated carbocycles. The van der Waals surface area contributed by atoms with E-state index >= 15 is 0 Å². The van der Waals surface area contributed by atoms with Gasteiger partial charge in [0.25, 0.3) is 0 Å². The fraction of sp³-hybridized carbons (Fsp3) is 0.357. The van der Waals surface area contributed by atoms with Crippen LogP contribution in [-0.2, 0) is 11.3 Å². The number of aromatic nitrogens is 3. The SMILES string of the molecule is CCCNc1cc(COC)nc(-c2ncc(Cl)cc2Cl)n1. The van der Waals surface area contributed by atoms with E-state index in [1.54, 1.807) is 13.2 Å². The molecule has 0 atom stereocenters. The predicted octanol–water partition coefficient (Wildman–Crippen LogP) is 3.81. The van der Waals surface area contributed by atoms with Crippen molar-refractivity contribution in [3.63, 3.8) is 0 Å². The minimum absolute atomic E-state index is 0.390. The van der Waals surface area contributed by atoms with E-state index < -0.39 is 0 Å². The van der Waals surface area contributed by atoms with Gasteiger partial charge in [0.1, 0.15) is 11.5 Å². The molecule has 2 aromatic rings. The topological polar surface area (TPSA) is 59.9 Å². The van der Waals surface area contributed by atoms with Crippen molar-refractivity contribution in [2.45, 2.75) is 20.0 Å². The number of pyridine rings is 1. The summed E-state index contributed by atoms with van der Waals surface area (Å²) in [7, 11) is 1.62. The van der Waals surface area contributed by atoms with Crippen LogP contribution in [0.15, 0.2) is 18.3 Å². The summed E-state index contributed by atoms with van der Waals surface area (Å²) < 4.78 is 5.14. The second kappa shape index (κ2) is 7.54. The molecule has 0 aliphatic heterocycles. The Balaban J connectivity index is 2.43. The molecular formula is C14H16Cl2N4O. The van der Waals surface area contributed by atoms with Gasteiger partial charge in [0.2, 0.25) is 0 Å². The van der Waals surface area contributed by atoms with Crippen molar-refractivity contribution in [3.8, 4) is 11.5 Å². The van der Waals surface area contributed by atoms with E-state index in [9.17, 15) is 0 Å². The van der Waals surface area contributed by atoms with Gasteiger partial charge in [-0.3, -0.25) is 0 Å². The average molecular weight is 327 g/mol. The average Bonchev–Trinajstić information content (AvgIpc) is 2.45. The second-order valence-corrected chi connectivity index (χ2v) is 5.26.